The molecule has 0 radical (unpaired) electrons. The van der Waals surface area contributed by atoms with E-state index < -0.39 is 0 Å². The predicted molar refractivity (Wildman–Crippen MR) is 145 cm³/mol. The Morgan fingerprint density at radius 1 is 0.972 bits per heavy atom. The molecule has 4 saturated carbocycles. The highest BCUT2D eigenvalue weighted by molar-refractivity contribution is 5.66. The number of allylic oxidation sites excluding steroid dienone is 2. The van der Waals surface area contributed by atoms with E-state index in [4.69, 9.17) is 14.5 Å². The first-order valence-corrected chi connectivity index (χ1v) is 14.9. The Hall–Kier alpha value is -0.870. The van der Waals surface area contributed by atoms with Crippen LogP contribution in [0, 0.1) is 51.8 Å². The normalized spacial score (nSPS) is 44.1. The lowest BCUT2D eigenvalue weighted by Gasteiger charge is -2.66. The molecule has 4 nitrogen and oxygen atoms in total. The molecule has 10 unspecified atom stereocenters. The fraction of sp³-hybridized carbons (Fsp3) is 0.906. The lowest BCUT2D eigenvalue weighted by molar-refractivity contribution is -0.368. The van der Waals surface area contributed by atoms with E-state index in [2.05, 4.69) is 54.5 Å². The van der Waals surface area contributed by atoms with Gasteiger partial charge in [-0.05, 0) is 113 Å². The highest BCUT2D eigenvalue weighted by Crippen LogP contribution is 2.70. The standard InChI is InChI=1S/C32H54O4/c1-10-34-36-27-19-23-25-14-13-24(21(4)12-11-20(2)3)31(25,8)17-15-26(23)32(9)18-16-28(35-22(5)33)30(6,7)29(27)32/h11,21,23-29H,10,12-19H2,1-9H3. The number of hydrogen-bond acceptors (Lipinski definition) is 4. The third-order valence-electron chi connectivity index (χ3n) is 11.7. The first-order chi connectivity index (χ1) is 16.9. The molecule has 4 aliphatic carbocycles. The Morgan fingerprint density at radius 2 is 1.64 bits per heavy atom. The van der Waals surface area contributed by atoms with E-state index in [0.717, 1.165) is 37.0 Å². The van der Waals surface area contributed by atoms with E-state index in [1.165, 1.54) is 37.7 Å². The van der Waals surface area contributed by atoms with Crippen LogP contribution in [-0.4, -0.2) is 24.8 Å². The third kappa shape index (κ3) is 4.72. The molecule has 0 aliphatic heterocycles. The van der Waals surface area contributed by atoms with E-state index in [1.807, 2.05) is 6.92 Å². The van der Waals surface area contributed by atoms with Gasteiger partial charge in [0.25, 0.3) is 0 Å². The zero-order valence-electron chi connectivity index (χ0n) is 24.7. The number of fused-ring (bicyclic) bond motifs is 5. The molecule has 36 heavy (non-hydrogen) atoms. The Bertz CT molecular complexity index is 828. The van der Waals surface area contributed by atoms with Crippen molar-refractivity contribution in [2.75, 3.05) is 6.61 Å². The van der Waals surface area contributed by atoms with Gasteiger partial charge in [0.05, 0.1) is 12.7 Å². The zero-order chi connectivity index (χ0) is 26.5. The van der Waals surface area contributed by atoms with E-state index in [0.29, 0.717) is 29.8 Å². The molecule has 0 aromatic rings. The van der Waals surface area contributed by atoms with Crippen molar-refractivity contribution in [1.82, 2.24) is 0 Å². The van der Waals surface area contributed by atoms with Gasteiger partial charge in [-0.25, -0.2) is 9.78 Å². The molecule has 0 aromatic carbocycles. The van der Waals surface area contributed by atoms with Gasteiger partial charge >= 0.3 is 5.97 Å². The minimum absolute atomic E-state index is 0.0501. The van der Waals surface area contributed by atoms with Gasteiger partial charge in [-0.3, -0.25) is 4.79 Å². The number of ether oxygens (including phenoxy) is 1. The predicted octanol–water partition coefficient (Wildman–Crippen LogP) is 8.15. The van der Waals surface area contributed by atoms with Gasteiger partial charge in [-0.1, -0.05) is 46.3 Å². The van der Waals surface area contributed by atoms with Gasteiger partial charge in [0, 0.05) is 18.3 Å². The summed E-state index contributed by atoms with van der Waals surface area (Å²) in [6.07, 6.45) is 12.2. The summed E-state index contributed by atoms with van der Waals surface area (Å²) in [5.74, 6) is 3.88. The summed E-state index contributed by atoms with van der Waals surface area (Å²) in [7, 11) is 0. The molecule has 0 amide bonds. The van der Waals surface area contributed by atoms with Gasteiger partial charge in [0.15, 0.2) is 0 Å². The molecule has 10 atom stereocenters. The van der Waals surface area contributed by atoms with Crippen LogP contribution in [0.15, 0.2) is 11.6 Å². The van der Waals surface area contributed by atoms with Crippen LogP contribution in [0.1, 0.15) is 114 Å². The first kappa shape index (κ1) is 28.1. The van der Waals surface area contributed by atoms with Crippen molar-refractivity contribution in [3.63, 3.8) is 0 Å². The number of rotatable bonds is 7. The van der Waals surface area contributed by atoms with Crippen molar-refractivity contribution < 1.29 is 19.3 Å². The summed E-state index contributed by atoms with van der Waals surface area (Å²) >= 11 is 0. The van der Waals surface area contributed by atoms with Gasteiger partial charge in [-0.2, -0.15) is 0 Å². The van der Waals surface area contributed by atoms with Crippen molar-refractivity contribution >= 4 is 5.97 Å². The molecule has 0 spiro atoms. The van der Waals surface area contributed by atoms with Crippen LogP contribution >= 0.6 is 0 Å². The SMILES string of the molecule is CCOOC1CC2C3CCC(C(C)CC=C(C)C)C3(C)CCC2C2(C)CCC(OC(C)=O)C(C)(C)C12. The fourth-order valence-electron chi connectivity index (χ4n) is 10.4. The van der Waals surface area contributed by atoms with E-state index in [1.54, 1.807) is 6.92 Å². The Balaban J connectivity index is 1.64. The quantitative estimate of drug-likeness (QED) is 0.152. The van der Waals surface area contributed by atoms with E-state index in [-0.39, 0.29) is 29.0 Å². The van der Waals surface area contributed by atoms with Crippen LogP contribution in [0.5, 0.6) is 0 Å². The summed E-state index contributed by atoms with van der Waals surface area (Å²) in [5.41, 5.74) is 1.90. The van der Waals surface area contributed by atoms with Crippen LogP contribution in [0.2, 0.25) is 0 Å². The number of carbonyl (C=O) groups is 1. The average Bonchev–Trinajstić information content (AvgIpc) is 3.15. The van der Waals surface area contributed by atoms with Crippen LogP contribution in [0.3, 0.4) is 0 Å². The fourth-order valence-corrected chi connectivity index (χ4v) is 10.4. The van der Waals surface area contributed by atoms with Gasteiger partial charge in [-0.15, -0.1) is 0 Å². The molecule has 0 N–H and O–H groups in total. The van der Waals surface area contributed by atoms with Crippen molar-refractivity contribution in [1.29, 1.82) is 0 Å². The molecule has 4 fully saturated rings. The molecule has 4 aliphatic rings. The summed E-state index contributed by atoms with van der Waals surface area (Å²) in [4.78, 5) is 23.9. The second-order valence-corrected chi connectivity index (χ2v) is 14.3. The molecule has 206 valence electrons. The number of carbonyl (C=O) groups excluding carboxylic acids is 1. The molecule has 4 heteroatoms. The lowest BCUT2D eigenvalue weighted by Crippen LogP contribution is -2.64. The summed E-state index contributed by atoms with van der Waals surface area (Å²) in [5, 5.41) is 0. The highest BCUT2D eigenvalue weighted by Gasteiger charge is 2.66. The maximum Gasteiger partial charge on any atom is 0.302 e. The minimum Gasteiger partial charge on any atom is -0.462 e. The molecule has 0 bridgehead atoms. The Kier molecular flexibility index (Phi) is 8.10. The molecule has 4 rings (SSSR count). The Labute approximate surface area is 221 Å². The van der Waals surface area contributed by atoms with Crippen molar-refractivity contribution in [2.24, 2.45) is 51.8 Å². The highest BCUT2D eigenvalue weighted by atomic mass is 17.2. The smallest absolute Gasteiger partial charge is 0.302 e. The second-order valence-electron chi connectivity index (χ2n) is 14.3. The third-order valence-corrected chi connectivity index (χ3v) is 11.7. The van der Waals surface area contributed by atoms with Gasteiger partial charge in [0.1, 0.15) is 6.10 Å². The Morgan fingerprint density at radius 3 is 2.28 bits per heavy atom. The first-order valence-electron chi connectivity index (χ1n) is 14.9. The van der Waals surface area contributed by atoms with Crippen LogP contribution < -0.4 is 0 Å². The second kappa shape index (κ2) is 10.4. The molecular formula is C32H54O4. The van der Waals surface area contributed by atoms with Gasteiger partial charge in [0.2, 0.25) is 0 Å². The zero-order valence-corrected chi connectivity index (χ0v) is 24.7. The van der Waals surface area contributed by atoms with Crippen LogP contribution in [0.25, 0.3) is 0 Å². The van der Waals surface area contributed by atoms with Gasteiger partial charge < -0.3 is 4.74 Å². The minimum atomic E-state index is -0.166. The molecule has 0 saturated heterocycles. The summed E-state index contributed by atoms with van der Waals surface area (Å²) in [6.45, 7) is 20.9. The lowest BCUT2D eigenvalue weighted by atomic mass is 9.40. The summed E-state index contributed by atoms with van der Waals surface area (Å²) < 4.78 is 5.91. The van der Waals surface area contributed by atoms with Crippen LogP contribution in [0.4, 0.5) is 0 Å². The van der Waals surface area contributed by atoms with E-state index in [9.17, 15) is 4.79 Å². The van der Waals surface area contributed by atoms with Crippen molar-refractivity contribution in [3.8, 4) is 0 Å². The largest absolute Gasteiger partial charge is 0.462 e. The average molecular weight is 503 g/mol. The number of esters is 1. The molecule has 0 heterocycles. The monoisotopic (exact) mass is 502 g/mol. The summed E-state index contributed by atoms with van der Waals surface area (Å²) in [6, 6.07) is 0. The maximum absolute atomic E-state index is 12.0. The van der Waals surface area contributed by atoms with Crippen molar-refractivity contribution in [2.45, 2.75) is 126 Å². The topological polar surface area (TPSA) is 44.8 Å². The molecule has 0 aromatic heterocycles. The van der Waals surface area contributed by atoms with E-state index >= 15 is 0 Å². The molecular weight excluding hydrogens is 448 g/mol. The van der Waals surface area contributed by atoms with Crippen molar-refractivity contribution in [3.05, 3.63) is 11.6 Å². The maximum atomic E-state index is 12.0. The van der Waals surface area contributed by atoms with Crippen LogP contribution in [-0.2, 0) is 19.3 Å². The number of hydrogen-bond donors (Lipinski definition) is 0.